The van der Waals surface area contributed by atoms with Crippen LogP contribution in [0.25, 0.3) is 5.57 Å². The van der Waals surface area contributed by atoms with E-state index in [1.807, 2.05) is 0 Å². The van der Waals surface area contributed by atoms with Gasteiger partial charge in [-0.2, -0.15) is 0 Å². The molecule has 0 bridgehead atoms. The molecule has 0 heterocycles. The van der Waals surface area contributed by atoms with E-state index in [9.17, 15) is 0 Å². The molecule has 0 saturated carbocycles. The Morgan fingerprint density at radius 1 is 1.06 bits per heavy atom. The molecule has 0 amide bonds. The number of allylic oxidation sites excluding steroid dienone is 4. The molecule has 1 aromatic rings. The van der Waals surface area contributed by atoms with Crippen molar-refractivity contribution in [3.05, 3.63) is 53.6 Å². The van der Waals surface area contributed by atoms with Crippen molar-refractivity contribution in [1.82, 2.24) is 0 Å². The third-order valence-corrected chi connectivity index (χ3v) is 2.95. The largest absolute Gasteiger partial charge is 0.0779 e. The van der Waals surface area contributed by atoms with E-state index in [2.05, 4.69) is 63.3 Å². The predicted octanol–water partition coefficient (Wildman–Crippen LogP) is 5.00. The maximum Gasteiger partial charge on any atom is -0.0137 e. The molecule has 16 heavy (non-hydrogen) atoms. The lowest BCUT2D eigenvalue weighted by Crippen LogP contribution is -2.08. The molecule has 0 aliphatic heterocycles. The van der Waals surface area contributed by atoms with E-state index < -0.39 is 0 Å². The molecule has 1 aliphatic carbocycles. The minimum atomic E-state index is 0. The third-order valence-electron chi connectivity index (χ3n) is 2.95. The molecular weight excluding hydrogens is 192 g/mol. The molecule has 0 spiro atoms. The summed E-state index contributed by atoms with van der Waals surface area (Å²) in [6, 6.07) is 8.74. The highest BCUT2D eigenvalue weighted by Gasteiger charge is 2.16. The molecule has 0 unspecified atom stereocenters. The summed E-state index contributed by atoms with van der Waals surface area (Å²) >= 11 is 0. The van der Waals surface area contributed by atoms with Gasteiger partial charge in [-0.05, 0) is 29.9 Å². The van der Waals surface area contributed by atoms with Crippen molar-refractivity contribution in [3.63, 3.8) is 0 Å². The van der Waals surface area contributed by atoms with Crippen molar-refractivity contribution in [2.75, 3.05) is 0 Å². The Kier molecular flexibility index (Phi) is 3.74. The van der Waals surface area contributed by atoms with Crippen LogP contribution in [0.15, 0.2) is 42.5 Å². The van der Waals surface area contributed by atoms with Crippen molar-refractivity contribution in [3.8, 4) is 0 Å². The molecule has 0 nitrogen and oxygen atoms in total. The van der Waals surface area contributed by atoms with Crippen LogP contribution in [-0.2, 0) is 0 Å². The summed E-state index contributed by atoms with van der Waals surface area (Å²) in [7, 11) is 0. The monoisotopic (exact) mass is 214 g/mol. The third kappa shape index (κ3) is 2.85. The first-order chi connectivity index (χ1) is 7.07. The van der Waals surface area contributed by atoms with Gasteiger partial charge < -0.3 is 0 Å². The molecule has 0 N–H and O–H groups in total. The zero-order chi connectivity index (χ0) is 10.9. The molecule has 86 valence electrons. The molecule has 0 radical (unpaired) electrons. The van der Waals surface area contributed by atoms with Gasteiger partial charge in [-0.25, -0.2) is 0 Å². The van der Waals surface area contributed by atoms with E-state index in [1.54, 1.807) is 0 Å². The standard InChI is InChI=1S/C15H18.CH4/c1-12-4-6-13(7-5-12)14-8-10-15(2,3)11-9-14;/h4-10H,11H2,1-3H3;1H4. The van der Waals surface area contributed by atoms with Crippen LogP contribution in [0.5, 0.6) is 0 Å². The Bertz CT molecular complexity index is 402. The lowest BCUT2D eigenvalue weighted by Gasteiger charge is -2.22. The molecule has 0 atom stereocenters. The van der Waals surface area contributed by atoms with Crippen molar-refractivity contribution >= 4 is 5.57 Å². The summed E-state index contributed by atoms with van der Waals surface area (Å²) in [6.07, 6.45) is 8.02. The first kappa shape index (κ1) is 12.8. The van der Waals surface area contributed by atoms with Gasteiger partial charge in [0.05, 0.1) is 0 Å². The SMILES string of the molecule is C.Cc1ccc(C2=CCC(C)(C)C=C2)cc1. The van der Waals surface area contributed by atoms with Crippen molar-refractivity contribution in [2.24, 2.45) is 5.41 Å². The van der Waals surface area contributed by atoms with Gasteiger partial charge in [0.2, 0.25) is 0 Å². The summed E-state index contributed by atoms with van der Waals surface area (Å²) in [6.45, 7) is 6.66. The van der Waals surface area contributed by atoms with Gasteiger partial charge in [-0.1, -0.05) is 69.3 Å². The van der Waals surface area contributed by atoms with E-state index in [0.29, 0.717) is 5.41 Å². The van der Waals surface area contributed by atoms with Crippen LogP contribution in [0.1, 0.15) is 38.8 Å². The van der Waals surface area contributed by atoms with Crippen molar-refractivity contribution in [1.29, 1.82) is 0 Å². The molecular formula is C16H22. The first-order valence-corrected chi connectivity index (χ1v) is 5.53. The summed E-state index contributed by atoms with van der Waals surface area (Å²) in [4.78, 5) is 0. The fourth-order valence-electron chi connectivity index (χ4n) is 1.78. The number of hydrogen-bond donors (Lipinski definition) is 0. The number of hydrogen-bond acceptors (Lipinski definition) is 0. The van der Waals surface area contributed by atoms with Gasteiger partial charge in [0.15, 0.2) is 0 Å². The molecule has 1 aliphatic rings. The second kappa shape index (κ2) is 4.69. The van der Waals surface area contributed by atoms with Gasteiger partial charge in [0, 0.05) is 0 Å². The highest BCUT2D eigenvalue weighted by atomic mass is 14.2. The Balaban J connectivity index is 0.00000128. The van der Waals surface area contributed by atoms with E-state index in [0.717, 1.165) is 6.42 Å². The Morgan fingerprint density at radius 3 is 2.19 bits per heavy atom. The summed E-state index contributed by atoms with van der Waals surface area (Å²) in [5.74, 6) is 0. The molecule has 0 aromatic heterocycles. The Morgan fingerprint density at radius 2 is 1.69 bits per heavy atom. The van der Waals surface area contributed by atoms with Crippen LogP contribution in [0.4, 0.5) is 0 Å². The van der Waals surface area contributed by atoms with E-state index in [1.165, 1.54) is 16.7 Å². The molecule has 0 saturated heterocycles. The maximum atomic E-state index is 2.34. The average molecular weight is 214 g/mol. The molecule has 2 rings (SSSR count). The van der Waals surface area contributed by atoms with Gasteiger partial charge in [0.25, 0.3) is 0 Å². The smallest absolute Gasteiger partial charge is 0.0137 e. The van der Waals surface area contributed by atoms with Gasteiger partial charge in [0.1, 0.15) is 0 Å². The van der Waals surface area contributed by atoms with E-state index in [4.69, 9.17) is 0 Å². The predicted molar refractivity (Wildman–Crippen MR) is 73.4 cm³/mol. The zero-order valence-electron chi connectivity index (χ0n) is 9.75. The van der Waals surface area contributed by atoms with Crippen molar-refractivity contribution in [2.45, 2.75) is 34.6 Å². The minimum absolute atomic E-state index is 0. The normalized spacial score (nSPS) is 17.6. The van der Waals surface area contributed by atoms with Crippen LogP contribution < -0.4 is 0 Å². The van der Waals surface area contributed by atoms with Gasteiger partial charge in [-0.15, -0.1) is 0 Å². The Hall–Kier alpha value is -1.30. The van der Waals surface area contributed by atoms with Crippen LogP contribution >= 0.6 is 0 Å². The van der Waals surface area contributed by atoms with Gasteiger partial charge >= 0.3 is 0 Å². The van der Waals surface area contributed by atoms with E-state index in [-0.39, 0.29) is 7.43 Å². The second-order valence-corrected chi connectivity index (χ2v) is 5.05. The highest BCUT2D eigenvalue weighted by molar-refractivity contribution is 5.75. The van der Waals surface area contributed by atoms with E-state index >= 15 is 0 Å². The van der Waals surface area contributed by atoms with Gasteiger partial charge in [-0.3, -0.25) is 0 Å². The molecule has 0 fully saturated rings. The quantitative estimate of drug-likeness (QED) is 0.617. The summed E-state index contributed by atoms with van der Waals surface area (Å²) in [5.41, 5.74) is 4.33. The molecule has 0 heteroatoms. The molecule has 1 aromatic carbocycles. The highest BCUT2D eigenvalue weighted by Crippen LogP contribution is 2.31. The lowest BCUT2D eigenvalue weighted by atomic mass is 9.83. The van der Waals surface area contributed by atoms with Crippen molar-refractivity contribution < 1.29 is 0 Å². The average Bonchev–Trinajstić information content (AvgIpc) is 2.20. The van der Waals surface area contributed by atoms with Crippen LogP contribution in [0, 0.1) is 12.3 Å². The number of rotatable bonds is 1. The summed E-state index contributed by atoms with van der Waals surface area (Å²) in [5, 5.41) is 0. The minimum Gasteiger partial charge on any atom is -0.0779 e. The second-order valence-electron chi connectivity index (χ2n) is 5.05. The summed E-state index contributed by atoms with van der Waals surface area (Å²) < 4.78 is 0. The lowest BCUT2D eigenvalue weighted by molar-refractivity contribution is 0.485. The van der Waals surface area contributed by atoms with Crippen LogP contribution in [0.2, 0.25) is 0 Å². The zero-order valence-corrected chi connectivity index (χ0v) is 9.75. The Labute approximate surface area is 99.7 Å². The van der Waals surface area contributed by atoms with Crippen LogP contribution in [0.3, 0.4) is 0 Å². The first-order valence-electron chi connectivity index (χ1n) is 5.53. The number of aryl methyl sites for hydroxylation is 1. The maximum absolute atomic E-state index is 2.34. The fraction of sp³-hybridized carbons (Fsp3) is 0.375. The number of benzene rings is 1. The fourth-order valence-corrected chi connectivity index (χ4v) is 1.78. The topological polar surface area (TPSA) is 0 Å². The van der Waals surface area contributed by atoms with Crippen LogP contribution in [-0.4, -0.2) is 0 Å².